The number of amides is 1. The molecule has 21 heavy (non-hydrogen) atoms. The van der Waals surface area contributed by atoms with Crippen molar-refractivity contribution in [1.29, 1.82) is 0 Å². The summed E-state index contributed by atoms with van der Waals surface area (Å²) in [6, 6.07) is 15.4. The Bertz CT molecular complexity index is 610. The lowest BCUT2D eigenvalue weighted by atomic mass is 10.2. The molecule has 0 radical (unpaired) electrons. The van der Waals surface area contributed by atoms with E-state index in [1.807, 2.05) is 61.7 Å². The minimum Gasteiger partial charge on any atom is -0.481 e. The first-order valence-electron chi connectivity index (χ1n) is 6.77. The summed E-state index contributed by atoms with van der Waals surface area (Å²) in [6.07, 6.45) is 1.47. The molecule has 0 saturated carbocycles. The molecule has 1 N–H and O–H groups in total. The monoisotopic (exact) mass is 301 g/mol. The fraction of sp³-hybridized carbons (Fsp3) is 0.235. The van der Waals surface area contributed by atoms with Gasteiger partial charge in [-0.2, -0.15) is 0 Å². The Balaban J connectivity index is 1.95. The van der Waals surface area contributed by atoms with Gasteiger partial charge in [-0.15, -0.1) is 11.8 Å². The molecule has 0 aliphatic carbocycles. The van der Waals surface area contributed by atoms with E-state index in [1.54, 1.807) is 18.7 Å². The van der Waals surface area contributed by atoms with Gasteiger partial charge in [0.1, 0.15) is 5.75 Å². The molecular formula is C17H19NO2S. The normalized spacial score (nSPS) is 11.8. The summed E-state index contributed by atoms with van der Waals surface area (Å²) in [7, 11) is 0. The largest absolute Gasteiger partial charge is 0.481 e. The first-order valence-corrected chi connectivity index (χ1v) is 7.99. The summed E-state index contributed by atoms with van der Waals surface area (Å²) in [6.45, 7) is 3.73. The number of ether oxygens (including phenoxy) is 1. The highest BCUT2D eigenvalue weighted by Crippen LogP contribution is 2.18. The zero-order chi connectivity index (χ0) is 15.2. The number of hydrogen-bond acceptors (Lipinski definition) is 3. The van der Waals surface area contributed by atoms with Crippen LogP contribution in [0.15, 0.2) is 53.4 Å². The van der Waals surface area contributed by atoms with Crippen LogP contribution in [0.4, 0.5) is 5.69 Å². The van der Waals surface area contributed by atoms with Crippen LogP contribution in [0.2, 0.25) is 0 Å². The summed E-state index contributed by atoms with van der Waals surface area (Å²) in [5.74, 6) is 0.545. The average molecular weight is 301 g/mol. The number of rotatable bonds is 5. The maximum absolute atomic E-state index is 12.1. The predicted octanol–water partition coefficient (Wildman–Crippen LogP) is 4.12. The summed E-state index contributed by atoms with van der Waals surface area (Å²) >= 11 is 1.67. The van der Waals surface area contributed by atoms with E-state index in [2.05, 4.69) is 5.32 Å². The Morgan fingerprint density at radius 2 is 1.90 bits per heavy atom. The first-order chi connectivity index (χ1) is 10.1. The molecule has 0 aromatic heterocycles. The van der Waals surface area contributed by atoms with Crippen LogP contribution in [0.25, 0.3) is 0 Å². The number of carbonyl (C=O) groups is 1. The lowest BCUT2D eigenvalue weighted by molar-refractivity contribution is -0.122. The highest BCUT2D eigenvalue weighted by molar-refractivity contribution is 7.98. The van der Waals surface area contributed by atoms with Gasteiger partial charge < -0.3 is 10.1 Å². The minimum absolute atomic E-state index is 0.159. The number of aryl methyl sites for hydroxylation is 1. The van der Waals surface area contributed by atoms with Crippen LogP contribution >= 0.6 is 11.8 Å². The Morgan fingerprint density at radius 1 is 1.19 bits per heavy atom. The number of nitrogens with one attached hydrogen (secondary N) is 1. The second kappa shape index (κ2) is 7.18. The number of hydrogen-bond donors (Lipinski definition) is 1. The molecule has 2 aromatic carbocycles. The van der Waals surface area contributed by atoms with Crippen LogP contribution in [0, 0.1) is 6.92 Å². The van der Waals surface area contributed by atoms with Crippen LogP contribution in [0.5, 0.6) is 5.75 Å². The Kier molecular flexibility index (Phi) is 5.28. The van der Waals surface area contributed by atoms with Gasteiger partial charge in [0.05, 0.1) is 0 Å². The molecule has 0 aliphatic heterocycles. The molecule has 0 spiro atoms. The van der Waals surface area contributed by atoms with Gasteiger partial charge in [0.25, 0.3) is 5.91 Å². The Hall–Kier alpha value is -1.94. The molecule has 0 unspecified atom stereocenters. The highest BCUT2D eigenvalue weighted by atomic mass is 32.2. The molecule has 0 bridgehead atoms. The number of carbonyl (C=O) groups excluding carboxylic acids is 1. The van der Waals surface area contributed by atoms with Crippen molar-refractivity contribution in [3.63, 3.8) is 0 Å². The van der Waals surface area contributed by atoms with E-state index in [-0.39, 0.29) is 5.91 Å². The predicted molar refractivity (Wildman–Crippen MR) is 88.1 cm³/mol. The molecule has 2 rings (SSSR count). The quantitative estimate of drug-likeness (QED) is 0.844. The van der Waals surface area contributed by atoms with Crippen molar-refractivity contribution in [3.05, 3.63) is 54.1 Å². The molecule has 2 aromatic rings. The molecule has 4 heteroatoms. The summed E-state index contributed by atoms with van der Waals surface area (Å²) in [5, 5.41) is 2.85. The lowest BCUT2D eigenvalue weighted by Gasteiger charge is -2.15. The molecule has 0 fully saturated rings. The van der Waals surface area contributed by atoms with Gasteiger partial charge in [-0.25, -0.2) is 0 Å². The van der Waals surface area contributed by atoms with Crippen molar-refractivity contribution >= 4 is 23.4 Å². The maximum atomic E-state index is 12.1. The van der Waals surface area contributed by atoms with Crippen LogP contribution in [0.3, 0.4) is 0 Å². The third kappa shape index (κ3) is 4.53. The molecule has 0 heterocycles. The fourth-order valence-corrected chi connectivity index (χ4v) is 2.27. The molecule has 3 nitrogen and oxygen atoms in total. The third-order valence-electron chi connectivity index (χ3n) is 3.03. The van der Waals surface area contributed by atoms with Crippen LogP contribution < -0.4 is 10.1 Å². The fourth-order valence-electron chi connectivity index (χ4n) is 1.86. The van der Waals surface area contributed by atoms with E-state index in [4.69, 9.17) is 4.74 Å². The van der Waals surface area contributed by atoms with E-state index in [0.29, 0.717) is 5.75 Å². The van der Waals surface area contributed by atoms with Gasteiger partial charge in [0, 0.05) is 10.6 Å². The zero-order valence-electron chi connectivity index (χ0n) is 12.4. The topological polar surface area (TPSA) is 38.3 Å². The van der Waals surface area contributed by atoms with E-state index >= 15 is 0 Å². The maximum Gasteiger partial charge on any atom is 0.265 e. The Labute approximate surface area is 129 Å². The number of anilines is 1. The van der Waals surface area contributed by atoms with Crippen LogP contribution in [0.1, 0.15) is 12.5 Å². The summed E-state index contributed by atoms with van der Waals surface area (Å²) in [5.41, 5.74) is 1.88. The second-order valence-electron chi connectivity index (χ2n) is 4.79. The summed E-state index contributed by atoms with van der Waals surface area (Å²) < 4.78 is 5.66. The number of thioether (sulfide) groups is 1. The summed E-state index contributed by atoms with van der Waals surface area (Å²) in [4.78, 5) is 13.3. The second-order valence-corrected chi connectivity index (χ2v) is 5.67. The highest BCUT2D eigenvalue weighted by Gasteiger charge is 2.14. The number of benzene rings is 2. The van der Waals surface area contributed by atoms with E-state index in [9.17, 15) is 4.79 Å². The van der Waals surface area contributed by atoms with Crippen LogP contribution in [-0.2, 0) is 4.79 Å². The van der Waals surface area contributed by atoms with Crippen molar-refractivity contribution in [2.75, 3.05) is 11.6 Å². The van der Waals surface area contributed by atoms with Gasteiger partial charge in [0.2, 0.25) is 0 Å². The molecule has 0 aliphatic rings. The zero-order valence-corrected chi connectivity index (χ0v) is 13.2. The van der Waals surface area contributed by atoms with Gasteiger partial charge in [0.15, 0.2) is 6.10 Å². The molecule has 1 atom stereocenters. The average Bonchev–Trinajstić information content (AvgIpc) is 2.48. The van der Waals surface area contributed by atoms with Crippen molar-refractivity contribution in [1.82, 2.24) is 0 Å². The molecule has 1 amide bonds. The van der Waals surface area contributed by atoms with Crippen LogP contribution in [-0.4, -0.2) is 18.3 Å². The van der Waals surface area contributed by atoms with E-state index in [0.717, 1.165) is 16.1 Å². The molecule has 0 saturated heterocycles. The minimum atomic E-state index is -0.549. The molecular weight excluding hydrogens is 282 g/mol. The standard InChI is InChI=1S/C17H19NO2S/c1-12-5-4-6-15(11-12)20-13(2)17(19)18-14-7-9-16(21-3)10-8-14/h4-11,13H,1-3H3,(H,18,19)/t13-/m1/s1. The first kappa shape index (κ1) is 15.4. The van der Waals surface area contributed by atoms with Gasteiger partial charge in [-0.05, 0) is 62.1 Å². The SMILES string of the molecule is CSc1ccc(NC(=O)[C@@H](C)Oc2cccc(C)c2)cc1. The van der Waals surface area contributed by atoms with Gasteiger partial charge >= 0.3 is 0 Å². The smallest absolute Gasteiger partial charge is 0.265 e. The van der Waals surface area contributed by atoms with Crippen molar-refractivity contribution in [3.8, 4) is 5.75 Å². The lowest BCUT2D eigenvalue weighted by Crippen LogP contribution is -2.30. The van der Waals surface area contributed by atoms with Crippen molar-refractivity contribution < 1.29 is 9.53 Å². The molecule has 110 valence electrons. The van der Waals surface area contributed by atoms with E-state index < -0.39 is 6.10 Å². The van der Waals surface area contributed by atoms with Gasteiger partial charge in [-0.3, -0.25) is 4.79 Å². The van der Waals surface area contributed by atoms with Crippen molar-refractivity contribution in [2.24, 2.45) is 0 Å². The van der Waals surface area contributed by atoms with Gasteiger partial charge in [-0.1, -0.05) is 12.1 Å². The van der Waals surface area contributed by atoms with Crippen molar-refractivity contribution in [2.45, 2.75) is 24.8 Å². The van der Waals surface area contributed by atoms with E-state index in [1.165, 1.54) is 0 Å². The third-order valence-corrected chi connectivity index (χ3v) is 3.77. The Morgan fingerprint density at radius 3 is 2.52 bits per heavy atom.